The number of hydrogen-bond acceptors (Lipinski definition) is 5. The molecule has 31 heavy (non-hydrogen) atoms. The smallest absolute Gasteiger partial charge is 0.194 e. The highest BCUT2D eigenvalue weighted by Crippen LogP contribution is 2.14. The standard InChI is InChI=1S/C22H29N7S.HI/c1-18-25-26-21(27(18)2)16-24-22(23-15-19-7-4-3-5-8-19)29-12-10-28(11-13-29)17-20-9-6-14-30-20;/h3-9,14H,10-13,15-17H2,1-2H3,(H,23,24);1H. The minimum Gasteiger partial charge on any atom is -0.349 e. The van der Waals surface area contributed by atoms with Crippen LogP contribution in [-0.2, 0) is 26.7 Å². The van der Waals surface area contributed by atoms with Crippen molar-refractivity contribution in [2.75, 3.05) is 26.2 Å². The summed E-state index contributed by atoms with van der Waals surface area (Å²) in [6.07, 6.45) is 0. The molecule has 0 amide bonds. The molecule has 9 heteroatoms. The van der Waals surface area contributed by atoms with Crippen molar-refractivity contribution in [3.05, 3.63) is 69.9 Å². The van der Waals surface area contributed by atoms with Crippen LogP contribution in [0.25, 0.3) is 0 Å². The number of benzene rings is 1. The molecule has 1 aromatic carbocycles. The molecule has 2 aromatic heterocycles. The first kappa shape index (κ1) is 23.7. The monoisotopic (exact) mass is 551 g/mol. The van der Waals surface area contributed by atoms with Gasteiger partial charge in [-0.1, -0.05) is 36.4 Å². The fraction of sp³-hybridized carbons (Fsp3) is 0.409. The summed E-state index contributed by atoms with van der Waals surface area (Å²) >= 11 is 1.83. The Labute approximate surface area is 205 Å². The molecule has 4 rings (SSSR count). The number of rotatable bonds is 6. The molecule has 1 saturated heterocycles. The number of nitrogens with zero attached hydrogens (tertiary/aromatic N) is 6. The van der Waals surface area contributed by atoms with Gasteiger partial charge in [0.05, 0.1) is 13.1 Å². The Kier molecular flexibility index (Phi) is 8.85. The van der Waals surface area contributed by atoms with E-state index in [9.17, 15) is 0 Å². The third-order valence-electron chi connectivity index (χ3n) is 5.47. The number of piperazine rings is 1. The van der Waals surface area contributed by atoms with Crippen LogP contribution in [0, 0.1) is 6.92 Å². The van der Waals surface area contributed by atoms with E-state index in [-0.39, 0.29) is 24.0 Å². The molecule has 0 radical (unpaired) electrons. The molecular formula is C22H30IN7S. The van der Waals surface area contributed by atoms with Crippen LogP contribution in [0.15, 0.2) is 52.8 Å². The van der Waals surface area contributed by atoms with E-state index in [2.05, 4.69) is 67.1 Å². The molecular weight excluding hydrogens is 521 g/mol. The summed E-state index contributed by atoms with van der Waals surface area (Å²) in [4.78, 5) is 11.2. The van der Waals surface area contributed by atoms with Crippen molar-refractivity contribution in [1.82, 2.24) is 29.9 Å². The van der Waals surface area contributed by atoms with Gasteiger partial charge in [0.2, 0.25) is 0 Å². The van der Waals surface area contributed by atoms with Crippen molar-refractivity contribution in [2.24, 2.45) is 12.0 Å². The topological polar surface area (TPSA) is 61.6 Å². The zero-order valence-electron chi connectivity index (χ0n) is 18.1. The summed E-state index contributed by atoms with van der Waals surface area (Å²) in [6, 6.07) is 14.7. The lowest BCUT2D eigenvalue weighted by Crippen LogP contribution is -2.52. The largest absolute Gasteiger partial charge is 0.349 e. The number of aryl methyl sites for hydroxylation is 1. The van der Waals surface area contributed by atoms with Crippen LogP contribution in [0.1, 0.15) is 22.1 Å². The Bertz CT molecular complexity index is 948. The molecule has 1 N–H and O–H groups in total. The van der Waals surface area contributed by atoms with Crippen molar-refractivity contribution in [1.29, 1.82) is 0 Å². The number of guanidine groups is 1. The highest BCUT2D eigenvalue weighted by molar-refractivity contribution is 14.0. The van der Waals surface area contributed by atoms with Crippen LogP contribution in [0.3, 0.4) is 0 Å². The number of nitrogens with one attached hydrogen (secondary N) is 1. The van der Waals surface area contributed by atoms with Gasteiger partial charge in [-0.2, -0.15) is 0 Å². The van der Waals surface area contributed by atoms with Gasteiger partial charge in [0, 0.05) is 44.6 Å². The van der Waals surface area contributed by atoms with E-state index in [0.29, 0.717) is 13.1 Å². The maximum Gasteiger partial charge on any atom is 0.194 e. The molecule has 3 aromatic rings. The van der Waals surface area contributed by atoms with E-state index in [1.54, 1.807) is 0 Å². The van der Waals surface area contributed by atoms with Gasteiger partial charge in [-0.15, -0.1) is 45.5 Å². The summed E-state index contributed by atoms with van der Waals surface area (Å²) in [5, 5.41) is 14.1. The first-order valence-corrected chi connectivity index (χ1v) is 11.2. The molecule has 0 spiro atoms. The van der Waals surface area contributed by atoms with Crippen LogP contribution in [0.5, 0.6) is 0 Å². The quantitative estimate of drug-likeness (QED) is 0.290. The number of aromatic nitrogens is 3. The van der Waals surface area contributed by atoms with Crippen molar-refractivity contribution >= 4 is 41.3 Å². The van der Waals surface area contributed by atoms with Crippen molar-refractivity contribution in [3.8, 4) is 0 Å². The second-order valence-corrected chi connectivity index (χ2v) is 8.58. The van der Waals surface area contributed by atoms with Gasteiger partial charge in [0.15, 0.2) is 11.8 Å². The molecule has 0 unspecified atom stereocenters. The average Bonchev–Trinajstić information content (AvgIpc) is 3.40. The van der Waals surface area contributed by atoms with E-state index >= 15 is 0 Å². The fourth-order valence-corrected chi connectivity index (χ4v) is 4.27. The molecule has 166 valence electrons. The number of halogens is 1. The maximum atomic E-state index is 4.93. The lowest BCUT2D eigenvalue weighted by molar-refractivity contribution is 0.173. The van der Waals surface area contributed by atoms with Crippen LogP contribution in [0.2, 0.25) is 0 Å². The van der Waals surface area contributed by atoms with Crippen LogP contribution < -0.4 is 5.32 Å². The predicted octanol–water partition coefficient (Wildman–Crippen LogP) is 3.27. The fourth-order valence-electron chi connectivity index (χ4n) is 3.52. The Morgan fingerprint density at radius 3 is 2.48 bits per heavy atom. The molecule has 0 aliphatic carbocycles. The third-order valence-corrected chi connectivity index (χ3v) is 6.33. The molecule has 1 aliphatic heterocycles. The number of hydrogen-bond donors (Lipinski definition) is 1. The van der Waals surface area contributed by atoms with Crippen LogP contribution in [0.4, 0.5) is 0 Å². The normalized spacial score (nSPS) is 15.0. The van der Waals surface area contributed by atoms with E-state index in [4.69, 9.17) is 4.99 Å². The molecule has 0 saturated carbocycles. The zero-order valence-corrected chi connectivity index (χ0v) is 21.2. The van der Waals surface area contributed by atoms with Gasteiger partial charge in [0.25, 0.3) is 0 Å². The summed E-state index contributed by atoms with van der Waals surface area (Å²) in [7, 11) is 2.00. The Morgan fingerprint density at radius 2 is 1.84 bits per heavy atom. The Balaban J connectivity index is 0.00000272. The van der Waals surface area contributed by atoms with Gasteiger partial charge >= 0.3 is 0 Å². The van der Waals surface area contributed by atoms with Crippen LogP contribution in [-0.4, -0.2) is 56.7 Å². The molecule has 1 fully saturated rings. The van der Waals surface area contributed by atoms with E-state index in [1.165, 1.54) is 10.4 Å². The Morgan fingerprint density at radius 1 is 1.06 bits per heavy atom. The first-order chi connectivity index (χ1) is 14.7. The predicted molar refractivity (Wildman–Crippen MR) is 137 cm³/mol. The summed E-state index contributed by atoms with van der Waals surface area (Å²) in [6.45, 7) is 8.27. The van der Waals surface area contributed by atoms with Gasteiger partial charge < -0.3 is 14.8 Å². The van der Waals surface area contributed by atoms with Crippen molar-refractivity contribution in [3.63, 3.8) is 0 Å². The van der Waals surface area contributed by atoms with Gasteiger partial charge in [0.1, 0.15) is 5.82 Å². The highest BCUT2D eigenvalue weighted by Gasteiger charge is 2.20. The lowest BCUT2D eigenvalue weighted by Gasteiger charge is -2.36. The van der Waals surface area contributed by atoms with Crippen LogP contribution >= 0.6 is 35.3 Å². The van der Waals surface area contributed by atoms with Crippen molar-refractivity contribution < 1.29 is 0 Å². The molecule has 3 heterocycles. The summed E-state index contributed by atoms with van der Waals surface area (Å²) < 4.78 is 2.01. The maximum absolute atomic E-state index is 4.93. The van der Waals surface area contributed by atoms with Gasteiger partial charge in [-0.05, 0) is 23.9 Å². The molecule has 1 aliphatic rings. The number of aliphatic imine (C=N–C) groups is 1. The first-order valence-electron chi connectivity index (χ1n) is 10.4. The highest BCUT2D eigenvalue weighted by atomic mass is 127. The average molecular weight is 552 g/mol. The minimum absolute atomic E-state index is 0. The molecule has 7 nitrogen and oxygen atoms in total. The second kappa shape index (κ2) is 11.6. The number of thiophene rings is 1. The summed E-state index contributed by atoms with van der Waals surface area (Å²) in [5.41, 5.74) is 1.21. The SMILES string of the molecule is Cc1nnc(CNC(=NCc2ccccc2)N2CCN(Cc3cccs3)CC2)n1C.I. The van der Waals surface area contributed by atoms with Gasteiger partial charge in [-0.3, -0.25) is 4.90 Å². The van der Waals surface area contributed by atoms with Crippen molar-refractivity contribution in [2.45, 2.75) is 26.6 Å². The summed E-state index contributed by atoms with van der Waals surface area (Å²) in [5.74, 6) is 2.77. The van der Waals surface area contributed by atoms with E-state index in [0.717, 1.165) is 50.3 Å². The molecule has 0 bridgehead atoms. The third kappa shape index (κ3) is 6.50. The Hall–Kier alpha value is -1.98. The van der Waals surface area contributed by atoms with E-state index < -0.39 is 0 Å². The molecule has 0 atom stereocenters. The minimum atomic E-state index is 0. The second-order valence-electron chi connectivity index (χ2n) is 7.54. The zero-order chi connectivity index (χ0) is 20.8. The van der Waals surface area contributed by atoms with Gasteiger partial charge in [-0.25, -0.2) is 4.99 Å². The van der Waals surface area contributed by atoms with E-state index in [1.807, 2.05) is 35.9 Å². The lowest BCUT2D eigenvalue weighted by atomic mass is 10.2.